The zero-order valence-corrected chi connectivity index (χ0v) is 17.4. The van der Waals surface area contributed by atoms with E-state index in [1.807, 2.05) is 10.8 Å². The summed E-state index contributed by atoms with van der Waals surface area (Å²) in [6.07, 6.45) is 5.17. The van der Waals surface area contributed by atoms with Gasteiger partial charge in [-0.25, -0.2) is 4.98 Å². The van der Waals surface area contributed by atoms with Gasteiger partial charge < -0.3 is 14.6 Å². The van der Waals surface area contributed by atoms with Crippen molar-refractivity contribution >= 4 is 52.1 Å². The quantitative estimate of drug-likeness (QED) is 0.291. The lowest BCUT2D eigenvalue weighted by Crippen LogP contribution is -2.12. The van der Waals surface area contributed by atoms with Gasteiger partial charge in [0, 0.05) is 28.0 Å². The van der Waals surface area contributed by atoms with Crippen LogP contribution in [0.2, 0.25) is 20.1 Å². The van der Waals surface area contributed by atoms with Crippen molar-refractivity contribution in [2.24, 2.45) is 5.16 Å². The van der Waals surface area contributed by atoms with E-state index in [1.54, 1.807) is 48.9 Å². The fraction of sp³-hybridized carbons (Fsp3) is 0.0588. The molecule has 3 rings (SSSR count). The van der Waals surface area contributed by atoms with E-state index in [2.05, 4.69) is 10.1 Å². The fourth-order valence-electron chi connectivity index (χ4n) is 2.09. The predicted molar refractivity (Wildman–Crippen MR) is 111 cm³/mol. The number of rotatable bonds is 5. The van der Waals surface area contributed by atoms with Crippen LogP contribution in [0.3, 0.4) is 0 Å². The van der Waals surface area contributed by atoms with Crippen molar-refractivity contribution in [3.63, 3.8) is 0 Å². The highest BCUT2D eigenvalue weighted by Gasteiger charge is 2.12. The fourth-order valence-corrected chi connectivity index (χ4v) is 3.05. The van der Waals surface area contributed by atoms with E-state index in [-0.39, 0.29) is 0 Å². The normalized spacial score (nSPS) is 10.8. The molecule has 0 unspecified atom stereocenters. The molecule has 0 bridgehead atoms. The van der Waals surface area contributed by atoms with Gasteiger partial charge in [0.2, 0.25) is 0 Å². The molecule has 0 aliphatic heterocycles. The highest BCUT2D eigenvalue weighted by Crippen LogP contribution is 2.28. The Morgan fingerprint density at radius 2 is 1.76 bits per heavy atom. The molecule has 0 aliphatic rings. The molecule has 152 valence electrons. The molecule has 29 heavy (non-hydrogen) atoms. The average Bonchev–Trinajstić information content (AvgIpc) is 3.13. The number of halogens is 4. The van der Waals surface area contributed by atoms with E-state index in [0.717, 1.165) is 0 Å². The Morgan fingerprint density at radius 3 is 2.31 bits per heavy atom. The first-order chi connectivity index (χ1) is 13.8. The van der Waals surface area contributed by atoms with E-state index in [9.17, 15) is 0 Å². The number of imidazole rings is 1. The molecular formula is C17H12Cl4N4O4. The largest absolute Gasteiger partial charge is 0.355 e. The minimum absolute atomic E-state index is 0.362. The second kappa shape index (κ2) is 10.9. The molecule has 3 aromatic rings. The maximum absolute atomic E-state index is 8.36. The minimum atomic E-state index is -1.50. The average molecular weight is 478 g/mol. The van der Waals surface area contributed by atoms with Crippen molar-refractivity contribution in [2.75, 3.05) is 0 Å². The van der Waals surface area contributed by atoms with Gasteiger partial charge in [0.1, 0.15) is 5.71 Å². The number of benzene rings is 2. The smallest absolute Gasteiger partial charge is 0.291 e. The highest BCUT2D eigenvalue weighted by molar-refractivity contribution is 6.37. The Labute approximate surface area is 184 Å². The molecule has 8 nitrogen and oxygen atoms in total. The van der Waals surface area contributed by atoms with Crippen molar-refractivity contribution in [1.29, 1.82) is 0 Å². The molecule has 1 N–H and O–H groups in total. The SMILES string of the molecule is Clc1ccc(ON=C(Cn2ccnc2)c2ccc(Cl)cc2Cl)c(Cl)c1.O=[N+]([O-])O. The standard InChI is InChI=1S/C17H11Cl4N3O.HNO3/c18-11-1-3-13(14(20)7-11)16(9-24-6-5-22-10-24)23-25-17-4-2-12(19)8-15(17)21;2-1(3)4/h1-8,10H,9H2;(H,2,3,4). The summed E-state index contributed by atoms with van der Waals surface area (Å²) < 4.78 is 1.84. The van der Waals surface area contributed by atoms with Crippen LogP contribution in [0.25, 0.3) is 0 Å². The van der Waals surface area contributed by atoms with E-state index in [1.165, 1.54) is 0 Å². The van der Waals surface area contributed by atoms with Crippen LogP contribution in [0, 0.1) is 10.1 Å². The minimum Gasteiger partial charge on any atom is -0.355 e. The molecule has 1 aromatic heterocycles. The van der Waals surface area contributed by atoms with Crippen LogP contribution in [0.5, 0.6) is 5.75 Å². The number of nitrogens with zero attached hydrogens (tertiary/aromatic N) is 4. The first-order valence-corrected chi connectivity index (χ1v) is 9.21. The lowest BCUT2D eigenvalue weighted by molar-refractivity contribution is -0.742. The van der Waals surface area contributed by atoms with E-state index >= 15 is 0 Å². The summed E-state index contributed by atoms with van der Waals surface area (Å²) in [5.41, 5.74) is 1.29. The van der Waals surface area contributed by atoms with Crippen LogP contribution in [0.1, 0.15) is 5.56 Å². The Morgan fingerprint density at radius 1 is 1.14 bits per heavy atom. The van der Waals surface area contributed by atoms with Crippen LogP contribution >= 0.6 is 46.4 Å². The van der Waals surface area contributed by atoms with E-state index in [4.69, 9.17) is 66.6 Å². The van der Waals surface area contributed by atoms with Crippen molar-refractivity contribution in [3.05, 3.63) is 90.9 Å². The van der Waals surface area contributed by atoms with E-state index in [0.29, 0.717) is 43.7 Å². The first kappa shape index (κ1) is 22.8. The zero-order chi connectivity index (χ0) is 21.4. The van der Waals surface area contributed by atoms with Gasteiger partial charge in [-0.05, 0) is 36.4 Å². The summed E-state index contributed by atoms with van der Waals surface area (Å²) in [6, 6.07) is 10.1. The predicted octanol–water partition coefficient (Wildman–Crippen LogP) is 5.63. The van der Waals surface area contributed by atoms with Crippen molar-refractivity contribution in [3.8, 4) is 5.75 Å². The molecule has 0 saturated carbocycles. The Bertz CT molecular complexity index is 1010. The number of hydrogen-bond acceptors (Lipinski definition) is 5. The summed E-state index contributed by atoms with van der Waals surface area (Å²) in [5, 5.41) is 19.8. The number of oxime groups is 1. The molecule has 0 fully saturated rings. The summed E-state index contributed by atoms with van der Waals surface area (Å²) in [5.74, 6) is 0.388. The van der Waals surface area contributed by atoms with Crippen LogP contribution in [0.15, 0.2) is 60.3 Å². The van der Waals surface area contributed by atoms with Gasteiger partial charge in [-0.1, -0.05) is 51.6 Å². The lowest BCUT2D eigenvalue weighted by atomic mass is 10.1. The lowest BCUT2D eigenvalue weighted by Gasteiger charge is -2.10. The molecule has 1 heterocycles. The maximum atomic E-state index is 8.36. The zero-order valence-electron chi connectivity index (χ0n) is 14.4. The van der Waals surface area contributed by atoms with Crippen LogP contribution in [-0.2, 0) is 6.54 Å². The molecule has 12 heteroatoms. The van der Waals surface area contributed by atoms with Crippen molar-refractivity contribution in [1.82, 2.24) is 9.55 Å². The van der Waals surface area contributed by atoms with Gasteiger partial charge in [0.15, 0.2) is 5.75 Å². The van der Waals surface area contributed by atoms with Crippen LogP contribution < -0.4 is 4.84 Å². The van der Waals surface area contributed by atoms with Crippen molar-refractivity contribution < 1.29 is 15.1 Å². The second-order valence-corrected chi connectivity index (χ2v) is 6.99. The molecule has 2 aromatic carbocycles. The van der Waals surface area contributed by atoms with Gasteiger partial charge >= 0.3 is 0 Å². The molecule has 0 radical (unpaired) electrons. The van der Waals surface area contributed by atoms with Crippen LogP contribution in [0.4, 0.5) is 0 Å². The molecular weight excluding hydrogens is 466 g/mol. The number of aromatic nitrogens is 2. The third-order valence-corrected chi connectivity index (χ3v) is 4.36. The van der Waals surface area contributed by atoms with E-state index < -0.39 is 5.09 Å². The third-order valence-electron chi connectivity index (χ3n) is 3.28. The molecule has 0 spiro atoms. The summed E-state index contributed by atoms with van der Waals surface area (Å²) in [6.45, 7) is 0.409. The summed E-state index contributed by atoms with van der Waals surface area (Å²) in [4.78, 5) is 17.9. The maximum Gasteiger partial charge on any atom is 0.291 e. The molecule has 0 amide bonds. The van der Waals surface area contributed by atoms with Gasteiger partial charge in [-0.3, -0.25) is 0 Å². The Kier molecular flexibility index (Phi) is 8.53. The molecule has 0 saturated heterocycles. The summed E-state index contributed by atoms with van der Waals surface area (Å²) in [7, 11) is 0. The monoisotopic (exact) mass is 476 g/mol. The summed E-state index contributed by atoms with van der Waals surface area (Å²) >= 11 is 24.3. The second-order valence-electron chi connectivity index (χ2n) is 5.30. The van der Waals surface area contributed by atoms with Gasteiger partial charge in [0.25, 0.3) is 5.09 Å². The highest BCUT2D eigenvalue weighted by atomic mass is 35.5. The van der Waals surface area contributed by atoms with Gasteiger partial charge in [0.05, 0.1) is 22.9 Å². The van der Waals surface area contributed by atoms with Gasteiger partial charge in [-0.2, -0.15) is 0 Å². The van der Waals surface area contributed by atoms with Gasteiger partial charge in [-0.15, -0.1) is 10.1 Å². The number of hydrogen-bond donors (Lipinski definition) is 1. The van der Waals surface area contributed by atoms with Crippen LogP contribution in [-0.4, -0.2) is 25.6 Å². The Balaban J connectivity index is 0.000000687. The first-order valence-electron chi connectivity index (χ1n) is 7.69. The third kappa shape index (κ3) is 7.43. The van der Waals surface area contributed by atoms with Crippen molar-refractivity contribution in [2.45, 2.75) is 6.54 Å². The molecule has 0 atom stereocenters. The molecule has 0 aliphatic carbocycles. The Hall–Kier alpha value is -2.52. The topological polar surface area (TPSA) is 103 Å².